The van der Waals surface area contributed by atoms with Crippen LogP contribution in [0.3, 0.4) is 0 Å². The van der Waals surface area contributed by atoms with E-state index in [0.29, 0.717) is 24.8 Å². The number of ether oxygens (including phenoxy) is 1. The van der Waals surface area contributed by atoms with Gasteiger partial charge in [0, 0.05) is 24.7 Å². The summed E-state index contributed by atoms with van der Waals surface area (Å²) in [6, 6.07) is 12.6. The molecule has 2 aromatic rings. The monoisotopic (exact) mass is 374 g/mol. The summed E-state index contributed by atoms with van der Waals surface area (Å²) in [5, 5.41) is 13.6. The Morgan fingerprint density at radius 1 is 1.27 bits per heavy atom. The summed E-state index contributed by atoms with van der Waals surface area (Å²) in [6.45, 7) is 5.16. The van der Waals surface area contributed by atoms with Crippen LogP contribution in [-0.2, 0) is 4.74 Å². The number of rotatable bonds is 5. The van der Waals surface area contributed by atoms with Gasteiger partial charge in [-0.1, -0.05) is 41.4 Å². The van der Waals surface area contributed by atoms with Crippen LogP contribution in [0.1, 0.15) is 27.5 Å². The van der Waals surface area contributed by atoms with Crippen LogP contribution in [0.2, 0.25) is 5.02 Å². The molecule has 0 aliphatic carbocycles. The lowest BCUT2D eigenvalue weighted by molar-refractivity contribution is 0.0162. The molecule has 0 aromatic heterocycles. The van der Waals surface area contributed by atoms with Gasteiger partial charge in [0.05, 0.1) is 24.8 Å². The molecule has 0 radical (unpaired) electrons. The number of nitrogens with zero attached hydrogens (tertiary/aromatic N) is 1. The molecule has 1 amide bonds. The minimum atomic E-state index is -0.295. The van der Waals surface area contributed by atoms with E-state index >= 15 is 0 Å². The summed E-state index contributed by atoms with van der Waals surface area (Å²) < 4.78 is 5.44. The predicted octanol–water partition coefficient (Wildman–Crippen LogP) is 3.16. The van der Waals surface area contributed by atoms with Crippen molar-refractivity contribution in [1.29, 1.82) is 0 Å². The van der Waals surface area contributed by atoms with Crippen LogP contribution in [0.4, 0.5) is 0 Å². The minimum absolute atomic E-state index is 0.0197. The van der Waals surface area contributed by atoms with Gasteiger partial charge in [-0.3, -0.25) is 9.69 Å². The zero-order valence-corrected chi connectivity index (χ0v) is 15.5. The van der Waals surface area contributed by atoms with E-state index in [9.17, 15) is 9.90 Å². The number of carbonyl (C=O) groups excluding carboxylic acids is 1. The van der Waals surface area contributed by atoms with Crippen LogP contribution >= 0.6 is 11.6 Å². The van der Waals surface area contributed by atoms with Crippen molar-refractivity contribution in [2.45, 2.75) is 13.0 Å². The van der Waals surface area contributed by atoms with E-state index in [1.807, 2.05) is 31.2 Å². The molecule has 1 saturated heterocycles. The van der Waals surface area contributed by atoms with Crippen molar-refractivity contribution in [2.24, 2.45) is 0 Å². The third-order valence-corrected chi connectivity index (χ3v) is 4.95. The predicted molar refractivity (Wildman–Crippen MR) is 102 cm³/mol. The Bertz CT molecular complexity index is 775. The number of amides is 1. The fraction of sp³-hybridized carbons (Fsp3) is 0.350. The standard InChI is InChI=1S/C20H23ClN2O3/c1-14-6-7-19(24)16(12-14)20(25)22-13-18(23-8-10-26-11-9-23)15-4-2-3-5-17(15)21/h2-7,12,18,24H,8-11,13H2,1H3,(H,22,25)/t18-/m1/s1. The van der Waals surface area contributed by atoms with E-state index in [-0.39, 0.29) is 23.3 Å². The van der Waals surface area contributed by atoms with Gasteiger partial charge in [0.15, 0.2) is 0 Å². The molecule has 0 saturated carbocycles. The first kappa shape index (κ1) is 18.7. The highest BCUT2D eigenvalue weighted by atomic mass is 35.5. The van der Waals surface area contributed by atoms with Crippen molar-refractivity contribution in [3.63, 3.8) is 0 Å². The van der Waals surface area contributed by atoms with E-state index < -0.39 is 0 Å². The molecule has 2 aromatic carbocycles. The number of hydrogen-bond acceptors (Lipinski definition) is 4. The van der Waals surface area contributed by atoms with E-state index in [1.165, 1.54) is 6.07 Å². The van der Waals surface area contributed by atoms with Crippen LogP contribution < -0.4 is 5.32 Å². The number of aromatic hydroxyl groups is 1. The van der Waals surface area contributed by atoms with Crippen molar-refractivity contribution in [3.8, 4) is 5.75 Å². The zero-order chi connectivity index (χ0) is 18.5. The third kappa shape index (κ3) is 4.36. The van der Waals surface area contributed by atoms with E-state index in [2.05, 4.69) is 10.2 Å². The molecule has 0 bridgehead atoms. The number of nitrogens with one attached hydrogen (secondary N) is 1. The van der Waals surface area contributed by atoms with Gasteiger partial charge in [0.2, 0.25) is 0 Å². The maximum Gasteiger partial charge on any atom is 0.255 e. The van der Waals surface area contributed by atoms with Crippen molar-refractivity contribution >= 4 is 17.5 Å². The lowest BCUT2D eigenvalue weighted by atomic mass is 10.0. The van der Waals surface area contributed by atoms with Gasteiger partial charge >= 0.3 is 0 Å². The van der Waals surface area contributed by atoms with Crippen molar-refractivity contribution < 1.29 is 14.6 Å². The van der Waals surface area contributed by atoms with Crippen LogP contribution in [0, 0.1) is 6.92 Å². The van der Waals surface area contributed by atoms with E-state index in [1.54, 1.807) is 12.1 Å². The molecule has 3 rings (SSSR count). The number of hydrogen-bond donors (Lipinski definition) is 2. The second-order valence-electron chi connectivity index (χ2n) is 6.42. The molecule has 5 nitrogen and oxygen atoms in total. The fourth-order valence-corrected chi connectivity index (χ4v) is 3.45. The highest BCUT2D eigenvalue weighted by Crippen LogP contribution is 2.28. The molecular weight excluding hydrogens is 352 g/mol. The van der Waals surface area contributed by atoms with Gasteiger partial charge in [-0.25, -0.2) is 0 Å². The average molecular weight is 375 g/mol. The van der Waals surface area contributed by atoms with Crippen molar-refractivity contribution in [1.82, 2.24) is 10.2 Å². The quantitative estimate of drug-likeness (QED) is 0.844. The largest absolute Gasteiger partial charge is 0.507 e. The molecular formula is C20H23ClN2O3. The average Bonchev–Trinajstić information content (AvgIpc) is 2.66. The van der Waals surface area contributed by atoms with Gasteiger partial charge in [-0.05, 0) is 30.7 Å². The highest BCUT2D eigenvalue weighted by Gasteiger charge is 2.25. The number of morpholine rings is 1. The van der Waals surface area contributed by atoms with E-state index in [4.69, 9.17) is 16.3 Å². The Morgan fingerprint density at radius 3 is 2.73 bits per heavy atom. The number of phenols is 1. The lowest BCUT2D eigenvalue weighted by Gasteiger charge is -2.35. The topological polar surface area (TPSA) is 61.8 Å². The summed E-state index contributed by atoms with van der Waals surface area (Å²) in [5.74, 6) is -0.315. The van der Waals surface area contributed by atoms with Gasteiger partial charge in [0.1, 0.15) is 5.75 Å². The number of aryl methyl sites for hydroxylation is 1. The Kier molecular flexibility index (Phi) is 6.14. The molecule has 0 unspecified atom stereocenters. The normalized spacial score (nSPS) is 16.2. The van der Waals surface area contributed by atoms with E-state index in [0.717, 1.165) is 24.2 Å². The maximum atomic E-state index is 12.6. The first-order valence-electron chi connectivity index (χ1n) is 8.70. The number of halogens is 1. The first-order chi connectivity index (χ1) is 12.6. The maximum absolute atomic E-state index is 12.6. The molecule has 26 heavy (non-hydrogen) atoms. The van der Waals surface area contributed by atoms with Crippen molar-refractivity contribution in [2.75, 3.05) is 32.8 Å². The summed E-state index contributed by atoms with van der Waals surface area (Å²) in [6.07, 6.45) is 0. The second-order valence-corrected chi connectivity index (χ2v) is 6.82. The van der Waals surface area contributed by atoms with Gasteiger partial charge in [-0.15, -0.1) is 0 Å². The van der Waals surface area contributed by atoms with Crippen LogP contribution in [-0.4, -0.2) is 48.8 Å². The molecule has 138 valence electrons. The Labute approximate surface area is 158 Å². The third-order valence-electron chi connectivity index (χ3n) is 4.60. The second kappa shape index (κ2) is 8.54. The molecule has 1 heterocycles. The SMILES string of the molecule is Cc1ccc(O)c(C(=O)NC[C@H](c2ccccc2Cl)N2CCOCC2)c1. The van der Waals surface area contributed by atoms with Crippen LogP contribution in [0.5, 0.6) is 5.75 Å². The van der Waals surface area contributed by atoms with Crippen LogP contribution in [0.25, 0.3) is 0 Å². The lowest BCUT2D eigenvalue weighted by Crippen LogP contribution is -2.44. The number of phenolic OH excluding ortho intramolecular Hbond substituents is 1. The minimum Gasteiger partial charge on any atom is -0.507 e. The van der Waals surface area contributed by atoms with Gasteiger partial charge in [0.25, 0.3) is 5.91 Å². The Balaban J connectivity index is 1.78. The first-order valence-corrected chi connectivity index (χ1v) is 9.08. The molecule has 1 fully saturated rings. The summed E-state index contributed by atoms with van der Waals surface area (Å²) in [5.41, 5.74) is 2.18. The smallest absolute Gasteiger partial charge is 0.255 e. The van der Waals surface area contributed by atoms with Crippen LogP contribution in [0.15, 0.2) is 42.5 Å². The molecule has 0 spiro atoms. The summed E-state index contributed by atoms with van der Waals surface area (Å²) in [7, 11) is 0. The summed E-state index contributed by atoms with van der Waals surface area (Å²) >= 11 is 6.41. The van der Waals surface area contributed by atoms with Crippen molar-refractivity contribution in [3.05, 3.63) is 64.2 Å². The number of carbonyl (C=O) groups is 1. The molecule has 2 N–H and O–H groups in total. The zero-order valence-electron chi connectivity index (χ0n) is 14.7. The molecule has 1 aliphatic rings. The number of benzene rings is 2. The Morgan fingerprint density at radius 2 is 2.00 bits per heavy atom. The Hall–Kier alpha value is -2.08. The van der Waals surface area contributed by atoms with Gasteiger partial charge < -0.3 is 15.2 Å². The summed E-state index contributed by atoms with van der Waals surface area (Å²) in [4.78, 5) is 14.8. The molecule has 1 aliphatic heterocycles. The highest BCUT2D eigenvalue weighted by molar-refractivity contribution is 6.31. The molecule has 6 heteroatoms. The van der Waals surface area contributed by atoms with Gasteiger partial charge in [-0.2, -0.15) is 0 Å². The molecule has 1 atom stereocenters. The fourth-order valence-electron chi connectivity index (χ4n) is 3.19.